The number of rotatable bonds is 6. The third-order valence-electron chi connectivity index (χ3n) is 2.70. The van der Waals surface area contributed by atoms with Gasteiger partial charge in [-0.15, -0.1) is 0 Å². The average molecular weight is 354 g/mol. The number of nitrogens with zero attached hydrogens (tertiary/aromatic N) is 3. The first kappa shape index (κ1) is 15.1. The number of aromatic amines is 1. The smallest absolute Gasteiger partial charge is 0.271 e. The number of carbonyl (C=O) groups excluding carboxylic acids is 1. The lowest BCUT2D eigenvalue weighted by Crippen LogP contribution is -2.25. The zero-order valence-electron chi connectivity index (χ0n) is 10.9. The second kappa shape index (κ2) is 6.93. The summed E-state index contributed by atoms with van der Waals surface area (Å²) in [5.74, 6) is 0.402. The van der Waals surface area contributed by atoms with Crippen molar-refractivity contribution in [2.45, 2.75) is 12.8 Å². The first-order valence-electron chi connectivity index (χ1n) is 6.13. The van der Waals surface area contributed by atoms with Crippen LogP contribution < -0.4 is 5.32 Å². The average Bonchev–Trinajstić information content (AvgIpc) is 2.95. The van der Waals surface area contributed by atoms with Crippen molar-refractivity contribution in [3.8, 4) is 0 Å². The van der Waals surface area contributed by atoms with E-state index in [2.05, 4.69) is 36.4 Å². The van der Waals surface area contributed by atoms with Crippen LogP contribution in [0.5, 0.6) is 0 Å². The second-order valence-corrected chi connectivity index (χ2v) is 5.16. The van der Waals surface area contributed by atoms with Crippen LogP contribution in [0.4, 0.5) is 5.69 Å². The number of nitro benzene ring substituents is 1. The number of non-ortho nitro benzene ring substituents is 1. The standard InChI is InChI=1S/C12H12BrN5O3/c13-9-4-8(5-10(6-9)18(20)21)12(19)14-3-1-2-11-15-7-16-17-11/h4-7H,1-3H2,(H,14,19)(H,15,16,17). The fourth-order valence-corrected chi connectivity index (χ4v) is 2.20. The van der Waals surface area contributed by atoms with Crippen molar-refractivity contribution in [3.05, 3.63) is 50.5 Å². The van der Waals surface area contributed by atoms with Gasteiger partial charge in [0.1, 0.15) is 12.2 Å². The summed E-state index contributed by atoms with van der Waals surface area (Å²) in [6.45, 7) is 0.444. The summed E-state index contributed by atoms with van der Waals surface area (Å²) in [6.07, 6.45) is 2.78. The zero-order valence-corrected chi connectivity index (χ0v) is 12.5. The maximum Gasteiger partial charge on any atom is 0.271 e. The molecule has 0 aliphatic heterocycles. The van der Waals surface area contributed by atoms with Crippen molar-refractivity contribution in [1.29, 1.82) is 0 Å². The summed E-state index contributed by atoms with van der Waals surface area (Å²) in [7, 11) is 0. The van der Waals surface area contributed by atoms with Crippen LogP contribution in [0.25, 0.3) is 0 Å². The van der Waals surface area contributed by atoms with Gasteiger partial charge in [-0.3, -0.25) is 20.0 Å². The van der Waals surface area contributed by atoms with E-state index >= 15 is 0 Å². The molecule has 0 radical (unpaired) electrons. The van der Waals surface area contributed by atoms with Crippen LogP contribution in [-0.4, -0.2) is 32.6 Å². The van der Waals surface area contributed by atoms with Crippen LogP contribution in [0, 0.1) is 10.1 Å². The summed E-state index contributed by atoms with van der Waals surface area (Å²) < 4.78 is 0.489. The molecule has 2 N–H and O–H groups in total. The predicted molar refractivity (Wildman–Crippen MR) is 77.8 cm³/mol. The van der Waals surface area contributed by atoms with Gasteiger partial charge in [0.05, 0.1) is 4.92 Å². The summed E-state index contributed by atoms with van der Waals surface area (Å²) in [6, 6.07) is 4.13. The minimum absolute atomic E-state index is 0.129. The van der Waals surface area contributed by atoms with Gasteiger partial charge in [-0.2, -0.15) is 5.10 Å². The third-order valence-corrected chi connectivity index (χ3v) is 3.15. The number of hydrogen-bond donors (Lipinski definition) is 2. The monoisotopic (exact) mass is 353 g/mol. The fraction of sp³-hybridized carbons (Fsp3) is 0.250. The largest absolute Gasteiger partial charge is 0.352 e. The molecule has 8 nitrogen and oxygen atoms in total. The number of aryl methyl sites for hydroxylation is 1. The molecule has 0 spiro atoms. The van der Waals surface area contributed by atoms with Crippen molar-refractivity contribution >= 4 is 27.5 Å². The Kier molecular flexibility index (Phi) is 4.99. The van der Waals surface area contributed by atoms with E-state index in [4.69, 9.17) is 0 Å². The van der Waals surface area contributed by atoms with Crippen LogP contribution in [0.2, 0.25) is 0 Å². The van der Waals surface area contributed by atoms with Crippen LogP contribution in [0.3, 0.4) is 0 Å². The molecule has 9 heteroatoms. The highest BCUT2D eigenvalue weighted by molar-refractivity contribution is 9.10. The molecule has 0 saturated heterocycles. The molecule has 0 fully saturated rings. The van der Waals surface area contributed by atoms with E-state index in [9.17, 15) is 14.9 Å². The molecule has 1 heterocycles. The Morgan fingerprint density at radius 1 is 1.43 bits per heavy atom. The van der Waals surface area contributed by atoms with Gasteiger partial charge < -0.3 is 5.32 Å². The maximum absolute atomic E-state index is 11.9. The molecular weight excluding hydrogens is 342 g/mol. The van der Waals surface area contributed by atoms with E-state index in [1.54, 1.807) is 6.07 Å². The molecule has 2 aromatic rings. The fourth-order valence-electron chi connectivity index (χ4n) is 1.72. The normalized spacial score (nSPS) is 10.3. The number of halogens is 1. The lowest BCUT2D eigenvalue weighted by Gasteiger charge is -2.05. The Balaban J connectivity index is 1.89. The van der Waals surface area contributed by atoms with Gasteiger partial charge in [0, 0.05) is 35.1 Å². The molecule has 1 amide bonds. The first-order valence-corrected chi connectivity index (χ1v) is 6.93. The van der Waals surface area contributed by atoms with Crippen LogP contribution in [0.15, 0.2) is 29.0 Å². The van der Waals surface area contributed by atoms with Gasteiger partial charge in [0.25, 0.3) is 11.6 Å². The SMILES string of the molecule is O=C(NCCCc1ncn[nH]1)c1cc(Br)cc([N+](=O)[O-])c1. The molecule has 21 heavy (non-hydrogen) atoms. The van der Waals surface area contributed by atoms with Crippen molar-refractivity contribution < 1.29 is 9.72 Å². The van der Waals surface area contributed by atoms with Crippen molar-refractivity contribution in [2.24, 2.45) is 0 Å². The molecule has 2 rings (SSSR count). The van der Waals surface area contributed by atoms with E-state index in [-0.39, 0.29) is 17.2 Å². The molecule has 0 unspecified atom stereocenters. The number of amides is 1. The van der Waals surface area contributed by atoms with Crippen molar-refractivity contribution in [1.82, 2.24) is 20.5 Å². The number of nitro groups is 1. The van der Waals surface area contributed by atoms with Gasteiger partial charge >= 0.3 is 0 Å². The molecule has 0 bridgehead atoms. The van der Waals surface area contributed by atoms with Crippen molar-refractivity contribution in [2.75, 3.05) is 6.54 Å². The predicted octanol–water partition coefficient (Wildman–Crippen LogP) is 1.84. The van der Waals surface area contributed by atoms with Gasteiger partial charge in [0.2, 0.25) is 0 Å². The summed E-state index contributed by atoms with van der Waals surface area (Å²) in [5, 5.41) is 19.9. The van der Waals surface area contributed by atoms with Gasteiger partial charge in [0.15, 0.2) is 0 Å². The molecule has 0 saturated carbocycles. The maximum atomic E-state index is 11.9. The van der Waals surface area contributed by atoms with Crippen LogP contribution in [-0.2, 0) is 6.42 Å². The number of hydrogen-bond acceptors (Lipinski definition) is 5. The number of carbonyl (C=O) groups is 1. The lowest BCUT2D eigenvalue weighted by molar-refractivity contribution is -0.385. The van der Waals surface area contributed by atoms with E-state index in [0.29, 0.717) is 23.9 Å². The van der Waals surface area contributed by atoms with E-state index < -0.39 is 4.92 Å². The van der Waals surface area contributed by atoms with Crippen molar-refractivity contribution in [3.63, 3.8) is 0 Å². The molecule has 0 aliphatic carbocycles. The highest BCUT2D eigenvalue weighted by Gasteiger charge is 2.13. The number of H-pyrrole nitrogens is 1. The van der Waals surface area contributed by atoms with E-state index in [1.165, 1.54) is 18.5 Å². The minimum atomic E-state index is -0.536. The van der Waals surface area contributed by atoms with Gasteiger partial charge in [-0.1, -0.05) is 15.9 Å². The molecular formula is C12H12BrN5O3. The van der Waals surface area contributed by atoms with Crippen LogP contribution >= 0.6 is 15.9 Å². The Morgan fingerprint density at radius 3 is 2.90 bits per heavy atom. The number of aromatic nitrogens is 3. The third kappa shape index (κ3) is 4.35. The summed E-state index contributed by atoms with van der Waals surface area (Å²) in [4.78, 5) is 26.1. The quantitative estimate of drug-likeness (QED) is 0.467. The Morgan fingerprint density at radius 2 is 2.24 bits per heavy atom. The Bertz CT molecular complexity index is 644. The second-order valence-electron chi connectivity index (χ2n) is 4.25. The van der Waals surface area contributed by atoms with E-state index in [0.717, 1.165) is 5.82 Å². The lowest BCUT2D eigenvalue weighted by atomic mass is 10.2. The van der Waals surface area contributed by atoms with E-state index in [1.807, 2.05) is 0 Å². The number of benzene rings is 1. The zero-order chi connectivity index (χ0) is 15.2. The minimum Gasteiger partial charge on any atom is -0.352 e. The molecule has 1 aromatic heterocycles. The summed E-state index contributed by atoms with van der Waals surface area (Å²) in [5.41, 5.74) is 0.118. The first-order chi connectivity index (χ1) is 10.1. The summed E-state index contributed by atoms with van der Waals surface area (Å²) >= 11 is 3.15. The molecule has 0 atom stereocenters. The van der Waals surface area contributed by atoms with Crippen LogP contribution in [0.1, 0.15) is 22.6 Å². The van der Waals surface area contributed by atoms with Gasteiger partial charge in [-0.05, 0) is 12.5 Å². The van der Waals surface area contributed by atoms with Gasteiger partial charge in [-0.25, -0.2) is 4.98 Å². The number of nitrogens with one attached hydrogen (secondary N) is 2. The molecule has 0 aliphatic rings. The Hall–Kier alpha value is -2.29. The Labute approximate surface area is 128 Å². The molecule has 1 aromatic carbocycles. The highest BCUT2D eigenvalue weighted by atomic mass is 79.9. The highest BCUT2D eigenvalue weighted by Crippen LogP contribution is 2.21. The topological polar surface area (TPSA) is 114 Å². The molecule has 110 valence electrons.